The molecule has 0 spiro atoms. The summed E-state index contributed by atoms with van der Waals surface area (Å²) < 4.78 is 0. The van der Waals surface area contributed by atoms with E-state index in [0.717, 1.165) is 16.8 Å². The molecule has 23 heavy (non-hydrogen) atoms. The quantitative estimate of drug-likeness (QED) is 0.591. The van der Waals surface area contributed by atoms with Crippen LogP contribution in [0.3, 0.4) is 0 Å². The number of hydrogen-bond donors (Lipinski definition) is 1. The zero-order valence-corrected chi connectivity index (χ0v) is 14.8. The first-order chi connectivity index (χ1) is 10.7. The topological polar surface area (TPSA) is 29.1 Å². The number of allylic oxidation sites excluding steroid dienone is 5. The first-order valence-corrected chi connectivity index (χ1v) is 7.80. The van der Waals surface area contributed by atoms with Crippen LogP contribution >= 0.6 is 0 Å². The molecule has 0 aliphatic carbocycles. The summed E-state index contributed by atoms with van der Waals surface area (Å²) in [6, 6.07) is 8.27. The van der Waals surface area contributed by atoms with Crippen LogP contribution in [0.2, 0.25) is 0 Å². The highest BCUT2D eigenvalue weighted by Gasteiger charge is 2.12. The number of carbonyl (C=O) groups excluding carboxylic acids is 1. The maximum atomic E-state index is 12.0. The number of carbonyl (C=O) groups is 1. The Hall–Kier alpha value is -2.35. The average molecular weight is 309 g/mol. The van der Waals surface area contributed by atoms with Crippen molar-refractivity contribution < 1.29 is 4.79 Å². The van der Waals surface area contributed by atoms with Crippen LogP contribution in [0.4, 0.5) is 0 Å². The van der Waals surface area contributed by atoms with Gasteiger partial charge in [0.05, 0.1) is 0 Å². The van der Waals surface area contributed by atoms with Crippen molar-refractivity contribution in [2.45, 2.75) is 40.0 Å². The number of hydrogen-bond acceptors (Lipinski definition) is 1. The van der Waals surface area contributed by atoms with Crippen molar-refractivity contribution in [1.29, 1.82) is 0 Å². The zero-order valence-electron chi connectivity index (χ0n) is 14.8. The van der Waals surface area contributed by atoms with E-state index in [4.69, 9.17) is 0 Å². The van der Waals surface area contributed by atoms with Crippen molar-refractivity contribution >= 4 is 12.0 Å². The first-order valence-electron chi connectivity index (χ1n) is 7.80. The molecule has 1 aromatic rings. The average Bonchev–Trinajstić information content (AvgIpc) is 2.50. The Morgan fingerprint density at radius 1 is 1.09 bits per heavy atom. The third kappa shape index (κ3) is 6.52. The number of amides is 1. The fourth-order valence-electron chi connectivity index (χ4n) is 1.93. The molecule has 122 valence electrons. The summed E-state index contributed by atoms with van der Waals surface area (Å²) in [5.41, 5.74) is 4.26. The Kier molecular flexibility index (Phi) is 6.77. The van der Waals surface area contributed by atoms with Gasteiger partial charge in [0.25, 0.3) is 0 Å². The van der Waals surface area contributed by atoms with Crippen molar-refractivity contribution in [3.8, 4) is 0 Å². The highest BCUT2D eigenvalue weighted by Crippen LogP contribution is 2.22. The molecule has 0 heterocycles. The van der Waals surface area contributed by atoms with Crippen LogP contribution in [0, 0.1) is 0 Å². The molecule has 0 aromatic heterocycles. The Bertz CT molecular complexity index is 637. The Balaban J connectivity index is 2.72. The van der Waals surface area contributed by atoms with E-state index in [2.05, 4.69) is 44.8 Å². The van der Waals surface area contributed by atoms with Crippen LogP contribution in [0.1, 0.15) is 45.7 Å². The van der Waals surface area contributed by atoms with Gasteiger partial charge in [0.1, 0.15) is 0 Å². The van der Waals surface area contributed by atoms with E-state index in [1.165, 1.54) is 5.56 Å². The Morgan fingerprint density at radius 3 is 2.22 bits per heavy atom. The predicted molar refractivity (Wildman–Crippen MR) is 100 cm³/mol. The van der Waals surface area contributed by atoms with Gasteiger partial charge in [0.15, 0.2) is 0 Å². The minimum Gasteiger partial charge on any atom is -0.326 e. The van der Waals surface area contributed by atoms with Gasteiger partial charge in [-0.2, -0.15) is 0 Å². The molecule has 0 radical (unpaired) electrons. The minimum atomic E-state index is -0.131. The molecule has 2 nitrogen and oxygen atoms in total. The lowest BCUT2D eigenvalue weighted by Gasteiger charge is -2.18. The fraction of sp³-hybridized carbons (Fsp3) is 0.286. The maximum Gasteiger partial charge on any atom is 0.248 e. The van der Waals surface area contributed by atoms with Crippen molar-refractivity contribution in [2.24, 2.45) is 0 Å². The highest BCUT2D eigenvalue weighted by molar-refractivity contribution is 5.92. The van der Waals surface area contributed by atoms with Crippen molar-refractivity contribution in [1.82, 2.24) is 5.32 Å². The van der Waals surface area contributed by atoms with Gasteiger partial charge in [-0.1, -0.05) is 69.8 Å². The van der Waals surface area contributed by atoms with E-state index in [1.54, 1.807) is 12.2 Å². The number of rotatable bonds is 5. The molecule has 0 bridgehead atoms. The van der Waals surface area contributed by atoms with Crippen LogP contribution in [-0.4, -0.2) is 5.91 Å². The summed E-state index contributed by atoms with van der Waals surface area (Å²) in [5.74, 6) is -0.131. The van der Waals surface area contributed by atoms with Gasteiger partial charge in [-0.25, -0.2) is 0 Å². The van der Waals surface area contributed by atoms with Crippen molar-refractivity contribution in [3.63, 3.8) is 0 Å². The third-order valence-corrected chi connectivity index (χ3v) is 3.59. The van der Waals surface area contributed by atoms with Gasteiger partial charge in [0, 0.05) is 11.8 Å². The van der Waals surface area contributed by atoms with Gasteiger partial charge in [-0.3, -0.25) is 4.79 Å². The first kappa shape index (κ1) is 18.7. The summed E-state index contributed by atoms with van der Waals surface area (Å²) in [7, 11) is 0. The highest BCUT2D eigenvalue weighted by atomic mass is 16.1. The van der Waals surface area contributed by atoms with Gasteiger partial charge in [-0.05, 0) is 42.0 Å². The monoisotopic (exact) mass is 309 g/mol. The number of benzene rings is 1. The van der Waals surface area contributed by atoms with Gasteiger partial charge in [-0.15, -0.1) is 0 Å². The molecule has 0 fully saturated rings. The summed E-state index contributed by atoms with van der Waals surface area (Å²) in [5, 5.41) is 2.86. The molecule has 0 saturated carbocycles. The van der Waals surface area contributed by atoms with E-state index in [0.29, 0.717) is 0 Å². The SMILES string of the molecule is C=C/C=C\C(C)=C(/C)NC(=O)/C=C/c1ccc(C(C)(C)C)cc1. The lowest BCUT2D eigenvalue weighted by atomic mass is 9.87. The molecular weight excluding hydrogens is 282 g/mol. The van der Waals surface area contributed by atoms with Gasteiger partial charge < -0.3 is 5.32 Å². The smallest absolute Gasteiger partial charge is 0.248 e. The zero-order chi connectivity index (χ0) is 17.5. The normalized spacial score (nSPS) is 13.3. The fourth-order valence-corrected chi connectivity index (χ4v) is 1.93. The molecule has 1 N–H and O–H groups in total. The molecule has 0 saturated heterocycles. The second-order valence-electron chi connectivity index (χ2n) is 6.60. The summed E-state index contributed by atoms with van der Waals surface area (Å²) in [6.07, 6.45) is 8.85. The van der Waals surface area contributed by atoms with E-state index >= 15 is 0 Å². The Labute approximate surface area is 140 Å². The maximum absolute atomic E-state index is 12.0. The van der Waals surface area contributed by atoms with Crippen molar-refractivity contribution in [3.05, 3.63) is 77.5 Å². The molecule has 0 atom stereocenters. The number of nitrogens with one attached hydrogen (secondary N) is 1. The molecule has 0 aliphatic heterocycles. The van der Waals surface area contributed by atoms with Crippen LogP contribution in [0.15, 0.2) is 66.4 Å². The molecule has 1 amide bonds. The van der Waals surface area contributed by atoms with Gasteiger partial charge >= 0.3 is 0 Å². The Morgan fingerprint density at radius 2 is 1.70 bits per heavy atom. The minimum absolute atomic E-state index is 0.131. The summed E-state index contributed by atoms with van der Waals surface area (Å²) >= 11 is 0. The van der Waals surface area contributed by atoms with Gasteiger partial charge in [0.2, 0.25) is 5.91 Å². The molecule has 0 aliphatic rings. The molecule has 1 rings (SSSR count). The van der Waals surface area contributed by atoms with Crippen molar-refractivity contribution in [2.75, 3.05) is 0 Å². The van der Waals surface area contributed by atoms with Crippen LogP contribution in [-0.2, 0) is 10.2 Å². The van der Waals surface area contributed by atoms with Crippen LogP contribution in [0.25, 0.3) is 6.08 Å². The van der Waals surface area contributed by atoms with E-state index in [-0.39, 0.29) is 11.3 Å². The lowest BCUT2D eigenvalue weighted by molar-refractivity contribution is -0.115. The standard InChI is InChI=1S/C21H27NO/c1-7-8-9-16(2)17(3)22-20(23)15-12-18-10-13-19(14-11-18)21(4,5)6/h7-15H,1H2,2-6H3,(H,22,23)/b9-8-,15-12+,17-16+. The lowest BCUT2D eigenvalue weighted by Crippen LogP contribution is -2.19. The molecular formula is C21H27NO. The summed E-state index contributed by atoms with van der Waals surface area (Å²) in [4.78, 5) is 12.0. The van der Waals surface area contributed by atoms with E-state index in [1.807, 2.05) is 44.2 Å². The molecule has 0 unspecified atom stereocenters. The van der Waals surface area contributed by atoms with Crippen LogP contribution < -0.4 is 5.32 Å². The third-order valence-electron chi connectivity index (χ3n) is 3.59. The van der Waals surface area contributed by atoms with E-state index in [9.17, 15) is 4.79 Å². The van der Waals surface area contributed by atoms with Crippen LogP contribution in [0.5, 0.6) is 0 Å². The summed E-state index contributed by atoms with van der Waals surface area (Å²) in [6.45, 7) is 14.0. The molecule has 2 heteroatoms. The second kappa shape index (κ2) is 8.33. The molecule has 1 aromatic carbocycles. The predicted octanol–water partition coefficient (Wildman–Crippen LogP) is 5.15. The second-order valence-corrected chi connectivity index (χ2v) is 6.60. The van der Waals surface area contributed by atoms with E-state index < -0.39 is 0 Å². The largest absolute Gasteiger partial charge is 0.326 e.